The lowest BCUT2D eigenvalue weighted by molar-refractivity contribution is 0.0522. The zero-order valence-electron chi connectivity index (χ0n) is 17.8. The van der Waals surface area contributed by atoms with Crippen molar-refractivity contribution in [3.8, 4) is 5.69 Å². The van der Waals surface area contributed by atoms with Crippen LogP contribution in [0.1, 0.15) is 45.4 Å². The first-order valence-electron chi connectivity index (χ1n) is 10.3. The van der Waals surface area contributed by atoms with Gasteiger partial charge in [-0.05, 0) is 63.8 Å². The number of halogens is 1. The van der Waals surface area contributed by atoms with Gasteiger partial charge in [-0.1, -0.05) is 17.7 Å². The Morgan fingerprint density at radius 3 is 2.71 bits per heavy atom. The highest BCUT2D eigenvalue weighted by atomic mass is 35.5. The predicted octanol–water partition coefficient (Wildman–Crippen LogP) is 4.45. The van der Waals surface area contributed by atoms with Gasteiger partial charge < -0.3 is 10.1 Å². The highest BCUT2D eigenvalue weighted by Crippen LogP contribution is 2.42. The van der Waals surface area contributed by atoms with Crippen molar-refractivity contribution < 1.29 is 9.53 Å². The minimum Gasteiger partial charge on any atom is -0.444 e. The predicted molar refractivity (Wildman–Crippen MR) is 120 cm³/mol. The lowest BCUT2D eigenvalue weighted by Crippen LogP contribution is -2.37. The summed E-state index contributed by atoms with van der Waals surface area (Å²) in [6.45, 7) is 5.78. The van der Waals surface area contributed by atoms with Crippen molar-refractivity contribution in [2.24, 2.45) is 5.92 Å². The maximum absolute atomic E-state index is 13.5. The van der Waals surface area contributed by atoms with Crippen molar-refractivity contribution in [1.82, 2.24) is 19.9 Å². The standard InChI is InChI=1S/C23H25ClN4O3/c1-23(2,3)31-22(30)26-13-16(14-9-10-14)20-27-18-8-4-7-17(24)19(18)21(29)28(20)15-6-5-11-25-12-15/h4-8,11-12,14,16H,9-10,13H2,1-3H3,(H,26,30). The Morgan fingerprint density at radius 2 is 2.06 bits per heavy atom. The zero-order chi connectivity index (χ0) is 22.2. The Bertz CT molecular complexity index is 1170. The van der Waals surface area contributed by atoms with Gasteiger partial charge >= 0.3 is 6.09 Å². The molecule has 1 atom stereocenters. The van der Waals surface area contributed by atoms with E-state index in [0.717, 1.165) is 12.8 Å². The molecule has 4 rings (SSSR count). The minimum atomic E-state index is -0.588. The quantitative estimate of drug-likeness (QED) is 0.633. The topological polar surface area (TPSA) is 86.1 Å². The molecule has 1 aliphatic rings. The summed E-state index contributed by atoms with van der Waals surface area (Å²) in [6, 6.07) is 8.83. The first kappa shape index (κ1) is 21.3. The Morgan fingerprint density at radius 1 is 1.29 bits per heavy atom. The summed E-state index contributed by atoms with van der Waals surface area (Å²) in [5, 5.41) is 3.58. The first-order chi connectivity index (χ1) is 14.7. The molecular weight excluding hydrogens is 416 g/mol. The van der Waals surface area contributed by atoms with E-state index < -0.39 is 11.7 Å². The van der Waals surface area contributed by atoms with Gasteiger partial charge in [-0.3, -0.25) is 14.3 Å². The molecule has 162 valence electrons. The normalized spacial score (nSPS) is 15.0. The number of ether oxygens (including phenoxy) is 1. The van der Waals surface area contributed by atoms with E-state index in [1.165, 1.54) is 0 Å². The third-order valence-corrected chi connectivity index (χ3v) is 5.48. The highest BCUT2D eigenvalue weighted by molar-refractivity contribution is 6.35. The summed E-state index contributed by atoms with van der Waals surface area (Å²) in [7, 11) is 0. The fraction of sp³-hybridized carbons (Fsp3) is 0.391. The van der Waals surface area contributed by atoms with Gasteiger partial charge in [0.2, 0.25) is 0 Å². The molecule has 0 spiro atoms. The number of carbonyl (C=O) groups excluding carboxylic acids is 1. The maximum atomic E-state index is 13.5. The van der Waals surface area contributed by atoms with Crippen molar-refractivity contribution in [3.63, 3.8) is 0 Å². The molecule has 31 heavy (non-hydrogen) atoms. The van der Waals surface area contributed by atoms with Crippen molar-refractivity contribution in [3.05, 3.63) is 63.9 Å². The van der Waals surface area contributed by atoms with Crippen LogP contribution in [-0.4, -0.2) is 32.8 Å². The molecule has 3 aromatic rings. The number of rotatable bonds is 5. The van der Waals surface area contributed by atoms with E-state index >= 15 is 0 Å². The van der Waals surface area contributed by atoms with Crippen LogP contribution in [0.3, 0.4) is 0 Å². The van der Waals surface area contributed by atoms with Crippen LogP contribution in [0.15, 0.2) is 47.5 Å². The van der Waals surface area contributed by atoms with Crippen molar-refractivity contribution >= 4 is 28.6 Å². The Balaban J connectivity index is 1.81. The van der Waals surface area contributed by atoms with Crippen LogP contribution in [0, 0.1) is 5.92 Å². The van der Waals surface area contributed by atoms with Gasteiger partial charge in [0, 0.05) is 18.7 Å². The fourth-order valence-electron chi connectivity index (χ4n) is 3.67. The molecular formula is C23H25ClN4O3. The van der Waals surface area contributed by atoms with Crippen molar-refractivity contribution in [1.29, 1.82) is 0 Å². The number of hydrogen-bond donors (Lipinski definition) is 1. The van der Waals surface area contributed by atoms with E-state index in [1.54, 1.807) is 41.2 Å². The summed E-state index contributed by atoms with van der Waals surface area (Å²) in [4.78, 5) is 34.8. The third kappa shape index (κ3) is 4.71. The molecule has 1 saturated carbocycles. The number of hydrogen-bond acceptors (Lipinski definition) is 5. The average Bonchev–Trinajstić information content (AvgIpc) is 3.52. The van der Waals surface area contributed by atoms with Gasteiger partial charge in [-0.25, -0.2) is 9.78 Å². The van der Waals surface area contributed by atoms with Crippen LogP contribution in [-0.2, 0) is 4.74 Å². The van der Waals surface area contributed by atoms with Gasteiger partial charge in [0.25, 0.3) is 5.56 Å². The molecule has 2 heterocycles. The zero-order valence-corrected chi connectivity index (χ0v) is 18.5. The van der Waals surface area contributed by atoms with E-state index in [1.807, 2.05) is 26.8 Å². The molecule has 1 fully saturated rings. The van der Waals surface area contributed by atoms with Crippen molar-refractivity contribution in [2.45, 2.75) is 45.1 Å². The summed E-state index contributed by atoms with van der Waals surface area (Å²) in [6.07, 6.45) is 4.81. The molecule has 0 aliphatic heterocycles. The van der Waals surface area contributed by atoms with Crippen LogP contribution in [0.4, 0.5) is 4.79 Å². The minimum absolute atomic E-state index is 0.149. The molecule has 7 nitrogen and oxygen atoms in total. The average molecular weight is 441 g/mol. The molecule has 0 saturated heterocycles. The van der Waals surface area contributed by atoms with E-state index in [9.17, 15) is 9.59 Å². The molecule has 1 unspecified atom stereocenters. The molecule has 8 heteroatoms. The molecule has 1 aliphatic carbocycles. The summed E-state index contributed by atoms with van der Waals surface area (Å²) in [5.41, 5.74) is 0.311. The number of benzene rings is 1. The number of nitrogens with one attached hydrogen (secondary N) is 1. The number of amides is 1. The van der Waals surface area contributed by atoms with Crippen LogP contribution < -0.4 is 10.9 Å². The molecule has 1 amide bonds. The Kier molecular flexibility index (Phi) is 5.71. The van der Waals surface area contributed by atoms with Gasteiger partial charge in [-0.15, -0.1) is 0 Å². The second-order valence-corrected chi connectivity index (χ2v) is 9.19. The fourth-order valence-corrected chi connectivity index (χ4v) is 3.92. The number of nitrogens with zero attached hydrogens (tertiary/aromatic N) is 3. The molecule has 1 aromatic carbocycles. The number of pyridine rings is 1. The summed E-state index contributed by atoms with van der Waals surface area (Å²) >= 11 is 6.35. The molecule has 0 bridgehead atoms. The summed E-state index contributed by atoms with van der Waals surface area (Å²) in [5.74, 6) is 0.761. The summed E-state index contributed by atoms with van der Waals surface area (Å²) < 4.78 is 6.95. The number of fused-ring (bicyclic) bond motifs is 1. The lowest BCUT2D eigenvalue weighted by Gasteiger charge is -2.24. The van der Waals surface area contributed by atoms with Gasteiger partial charge in [0.05, 0.1) is 27.8 Å². The monoisotopic (exact) mass is 440 g/mol. The SMILES string of the molecule is CC(C)(C)OC(=O)NCC(c1nc2cccc(Cl)c2c(=O)n1-c1cccnc1)C1CC1. The highest BCUT2D eigenvalue weighted by Gasteiger charge is 2.36. The third-order valence-electron chi connectivity index (χ3n) is 5.16. The van der Waals surface area contributed by atoms with Gasteiger partial charge in [0.1, 0.15) is 11.4 Å². The van der Waals surface area contributed by atoms with E-state index in [4.69, 9.17) is 21.3 Å². The van der Waals surface area contributed by atoms with Crippen LogP contribution in [0.2, 0.25) is 5.02 Å². The largest absolute Gasteiger partial charge is 0.444 e. The van der Waals surface area contributed by atoms with Gasteiger partial charge in [-0.2, -0.15) is 0 Å². The van der Waals surface area contributed by atoms with Gasteiger partial charge in [0.15, 0.2) is 0 Å². The second-order valence-electron chi connectivity index (χ2n) is 8.78. The maximum Gasteiger partial charge on any atom is 0.407 e. The Hall–Kier alpha value is -2.93. The number of aromatic nitrogens is 3. The second kappa shape index (κ2) is 8.30. The Labute approximate surface area is 185 Å². The van der Waals surface area contributed by atoms with Crippen LogP contribution in [0.5, 0.6) is 0 Å². The van der Waals surface area contributed by atoms with E-state index in [-0.39, 0.29) is 11.5 Å². The van der Waals surface area contributed by atoms with Crippen LogP contribution >= 0.6 is 11.6 Å². The molecule has 0 radical (unpaired) electrons. The first-order valence-corrected chi connectivity index (χ1v) is 10.7. The lowest BCUT2D eigenvalue weighted by atomic mass is 10.0. The van der Waals surface area contributed by atoms with Crippen LogP contribution in [0.25, 0.3) is 16.6 Å². The van der Waals surface area contributed by atoms with E-state index in [2.05, 4.69) is 10.3 Å². The van der Waals surface area contributed by atoms with E-state index in [0.29, 0.717) is 39.9 Å². The molecule has 1 N–H and O–H groups in total. The molecule has 2 aromatic heterocycles. The number of alkyl carbamates (subject to hydrolysis) is 1. The van der Waals surface area contributed by atoms with Crippen molar-refractivity contribution in [2.75, 3.05) is 6.54 Å². The number of carbonyl (C=O) groups is 1. The smallest absolute Gasteiger partial charge is 0.407 e.